The maximum absolute atomic E-state index is 13.8. The molecular weight excluding hydrogens is 694 g/mol. The van der Waals surface area contributed by atoms with Crippen LogP contribution in [-0.4, -0.2) is 99.3 Å². The molecule has 1 saturated heterocycles. The summed E-state index contributed by atoms with van der Waals surface area (Å²) in [6, 6.07) is 4.64. The van der Waals surface area contributed by atoms with Crippen molar-refractivity contribution in [2.45, 2.75) is 95.9 Å². The third kappa shape index (κ3) is 13.0. The maximum Gasteiger partial charge on any atom is 0.412 e. The van der Waals surface area contributed by atoms with Crippen LogP contribution in [0.5, 0.6) is 11.5 Å². The number of carbonyl (C=O) groups is 5. The third-order valence-electron chi connectivity index (χ3n) is 8.51. The van der Waals surface area contributed by atoms with Crippen LogP contribution in [0.4, 0.5) is 10.5 Å². The zero-order valence-electron chi connectivity index (χ0n) is 30.7. The van der Waals surface area contributed by atoms with Gasteiger partial charge in [0.25, 0.3) is 0 Å². The molecule has 2 heterocycles. The number of fused-ring (bicyclic) bond motifs is 1. The van der Waals surface area contributed by atoms with Crippen LogP contribution in [0.1, 0.15) is 65.2 Å². The van der Waals surface area contributed by atoms with Crippen LogP contribution >= 0.6 is 0 Å². The quantitative estimate of drug-likeness (QED) is 0.0581. The highest BCUT2D eigenvalue weighted by Crippen LogP contribution is 2.35. The Kier molecular flexibility index (Phi) is 18.1. The molecule has 2 aliphatic rings. The fourth-order valence-corrected chi connectivity index (χ4v) is 5.65. The second kappa shape index (κ2) is 22.4. The molecule has 16 heteroatoms. The van der Waals surface area contributed by atoms with Gasteiger partial charge >= 0.3 is 18.0 Å². The summed E-state index contributed by atoms with van der Waals surface area (Å²) in [5.41, 5.74) is 0.271. The Morgan fingerprint density at radius 2 is 1.42 bits per heavy atom. The lowest BCUT2D eigenvalue weighted by Crippen LogP contribution is -2.63. The molecule has 16 nitrogen and oxygen atoms in total. The van der Waals surface area contributed by atoms with Gasteiger partial charge in [0.05, 0.1) is 18.4 Å². The Labute approximate surface area is 309 Å². The lowest BCUT2D eigenvalue weighted by Gasteiger charge is -2.44. The minimum Gasteiger partial charge on any atom is -0.454 e. The summed E-state index contributed by atoms with van der Waals surface area (Å²) in [4.78, 5) is 66.3. The van der Waals surface area contributed by atoms with Crippen LogP contribution in [-0.2, 0) is 42.9 Å². The number of anilines is 1. The summed E-state index contributed by atoms with van der Waals surface area (Å²) in [6.07, 6.45) is -2.76. The number of aliphatic hydroxyl groups is 1. The van der Waals surface area contributed by atoms with Crippen LogP contribution in [0.3, 0.4) is 0 Å². The summed E-state index contributed by atoms with van der Waals surface area (Å²) in [7, 11) is 1.25. The second-order valence-corrected chi connectivity index (χ2v) is 12.6. The van der Waals surface area contributed by atoms with E-state index in [1.807, 2.05) is 13.8 Å². The van der Waals surface area contributed by atoms with Crippen LogP contribution in [0.25, 0.3) is 0 Å². The number of aliphatic hydroxyl groups excluding tert-OH is 1. The predicted molar refractivity (Wildman–Crippen MR) is 191 cm³/mol. The standard InChI is InChI=1S/C37H53N3O13/c1-6-10-16-38-29(42)18-23(12-8-3)34(44)51-32-31(53-37(46)40-25-14-15-26-27(20-25)49-22-48-26)28(21-41)50-36(47-5)33(32)52-35(45)24(13-9-4)19-30(43)39-17-11-7-2/h8-9,14-15,20,23-24,28,31-33,36,41H,3-4,6-7,10-13,16-19,21-22H2,1-2,5H3,(H,38,42)(H,39,43)(H,40,46)/t23-,24+,28-,31-,32+,33-,36+/m1/s1. The van der Waals surface area contributed by atoms with Crippen LogP contribution in [0, 0.1) is 11.8 Å². The van der Waals surface area contributed by atoms with E-state index in [1.54, 1.807) is 12.1 Å². The molecule has 1 fully saturated rings. The van der Waals surface area contributed by atoms with E-state index in [0.29, 0.717) is 24.6 Å². The van der Waals surface area contributed by atoms with Gasteiger partial charge in [0, 0.05) is 44.8 Å². The molecule has 3 amide bonds. The molecule has 294 valence electrons. The number of methoxy groups -OCH3 is 1. The molecule has 0 aromatic heterocycles. The van der Waals surface area contributed by atoms with Gasteiger partial charge in [-0.15, -0.1) is 13.2 Å². The molecule has 3 rings (SSSR count). The van der Waals surface area contributed by atoms with Crippen molar-refractivity contribution < 1.29 is 62.2 Å². The van der Waals surface area contributed by atoms with Gasteiger partial charge in [-0.1, -0.05) is 38.8 Å². The van der Waals surface area contributed by atoms with E-state index in [9.17, 15) is 29.1 Å². The molecule has 1 aromatic rings. The van der Waals surface area contributed by atoms with Gasteiger partial charge in [-0.3, -0.25) is 24.5 Å². The maximum atomic E-state index is 13.8. The van der Waals surface area contributed by atoms with E-state index in [2.05, 4.69) is 29.1 Å². The molecular formula is C37H53N3O13. The van der Waals surface area contributed by atoms with E-state index in [0.717, 1.165) is 25.7 Å². The summed E-state index contributed by atoms with van der Waals surface area (Å²) < 4.78 is 39.7. The van der Waals surface area contributed by atoms with Crippen molar-refractivity contribution in [3.8, 4) is 11.5 Å². The fourth-order valence-electron chi connectivity index (χ4n) is 5.65. The smallest absolute Gasteiger partial charge is 0.412 e. The van der Waals surface area contributed by atoms with Gasteiger partial charge in [-0.25, -0.2) is 4.79 Å². The Morgan fingerprint density at radius 3 is 1.94 bits per heavy atom. The van der Waals surface area contributed by atoms with Gasteiger partial charge in [-0.05, 0) is 37.8 Å². The number of allylic oxidation sites excluding steroid dienone is 2. The summed E-state index contributed by atoms with van der Waals surface area (Å²) >= 11 is 0. The molecule has 0 spiro atoms. The topological polar surface area (TPSA) is 206 Å². The van der Waals surface area contributed by atoms with Crippen molar-refractivity contribution in [2.75, 3.05) is 38.9 Å². The molecule has 0 bridgehead atoms. The van der Waals surface area contributed by atoms with E-state index in [4.69, 9.17) is 33.2 Å². The van der Waals surface area contributed by atoms with Gasteiger partial charge in [-0.2, -0.15) is 0 Å². The first-order valence-electron chi connectivity index (χ1n) is 17.9. The lowest BCUT2D eigenvalue weighted by molar-refractivity contribution is -0.300. The number of amides is 3. The first-order chi connectivity index (χ1) is 25.6. The fraction of sp³-hybridized carbons (Fsp3) is 0.595. The predicted octanol–water partition coefficient (Wildman–Crippen LogP) is 3.52. The zero-order valence-corrected chi connectivity index (χ0v) is 30.7. The van der Waals surface area contributed by atoms with Crippen LogP contribution in [0.2, 0.25) is 0 Å². The lowest BCUT2D eigenvalue weighted by atomic mass is 9.96. The minimum atomic E-state index is -1.62. The number of unbranched alkanes of at least 4 members (excludes halogenated alkanes) is 2. The van der Waals surface area contributed by atoms with Gasteiger partial charge < -0.3 is 48.9 Å². The van der Waals surface area contributed by atoms with Crippen LogP contribution < -0.4 is 25.4 Å². The number of benzene rings is 1. The van der Waals surface area contributed by atoms with Gasteiger partial charge in [0.1, 0.15) is 6.10 Å². The van der Waals surface area contributed by atoms with E-state index in [1.165, 1.54) is 25.3 Å². The largest absolute Gasteiger partial charge is 0.454 e. The normalized spacial score (nSPS) is 21.3. The summed E-state index contributed by atoms with van der Waals surface area (Å²) in [5, 5.41) is 18.5. The number of ether oxygens (including phenoxy) is 7. The van der Waals surface area contributed by atoms with Crippen molar-refractivity contribution in [1.29, 1.82) is 0 Å². The second-order valence-electron chi connectivity index (χ2n) is 12.6. The SMILES string of the molecule is C=CC[C@H](CC(=O)NCCCC)C(=O)O[C@@H]1[C@@H](OC(=O)[C@@H](CC=C)CC(=O)NCCCC)[C@@H](OC)O[C@H](CO)[C@H]1OC(=O)Nc1ccc2c(c1)OCO2. The number of carbonyl (C=O) groups excluding carboxylic acids is 5. The molecule has 0 unspecified atom stereocenters. The number of nitrogens with one attached hydrogen (secondary N) is 3. The monoisotopic (exact) mass is 747 g/mol. The number of esters is 2. The third-order valence-corrected chi connectivity index (χ3v) is 8.51. The van der Waals surface area contributed by atoms with Crippen molar-refractivity contribution in [2.24, 2.45) is 11.8 Å². The minimum absolute atomic E-state index is 0.0130. The van der Waals surface area contributed by atoms with E-state index in [-0.39, 0.29) is 50.0 Å². The van der Waals surface area contributed by atoms with E-state index < -0.39 is 67.2 Å². The summed E-state index contributed by atoms with van der Waals surface area (Å²) in [6.45, 7) is 11.5. The van der Waals surface area contributed by atoms with E-state index >= 15 is 0 Å². The van der Waals surface area contributed by atoms with Crippen molar-refractivity contribution in [3.63, 3.8) is 0 Å². The highest BCUT2D eigenvalue weighted by atomic mass is 16.7. The molecule has 1 aromatic carbocycles. The molecule has 7 atom stereocenters. The number of hydrogen-bond acceptors (Lipinski definition) is 13. The Hall–Kier alpha value is -4.67. The van der Waals surface area contributed by atoms with Gasteiger partial charge in [0.15, 0.2) is 36.1 Å². The molecule has 53 heavy (non-hydrogen) atoms. The first kappa shape index (κ1) is 42.7. The highest BCUT2D eigenvalue weighted by molar-refractivity contribution is 5.86. The molecule has 0 saturated carbocycles. The van der Waals surface area contributed by atoms with Gasteiger partial charge in [0.2, 0.25) is 18.6 Å². The first-order valence-corrected chi connectivity index (χ1v) is 17.9. The zero-order chi connectivity index (χ0) is 38.8. The Bertz CT molecular complexity index is 1410. The summed E-state index contributed by atoms with van der Waals surface area (Å²) in [5.74, 6) is -3.67. The average molecular weight is 748 g/mol. The molecule has 4 N–H and O–H groups in total. The highest BCUT2D eigenvalue weighted by Gasteiger charge is 2.53. The molecule has 0 aliphatic carbocycles. The van der Waals surface area contributed by atoms with Crippen molar-refractivity contribution in [1.82, 2.24) is 10.6 Å². The van der Waals surface area contributed by atoms with Crippen molar-refractivity contribution in [3.05, 3.63) is 43.5 Å². The average Bonchev–Trinajstić information content (AvgIpc) is 3.60. The molecule has 2 aliphatic heterocycles. The number of hydrogen-bond donors (Lipinski definition) is 4. The van der Waals surface area contributed by atoms with Crippen molar-refractivity contribution >= 4 is 35.5 Å². The molecule has 0 radical (unpaired) electrons. The number of rotatable bonds is 22. The van der Waals surface area contributed by atoms with Crippen LogP contribution in [0.15, 0.2) is 43.5 Å². The Morgan fingerprint density at radius 1 is 0.849 bits per heavy atom. The Balaban J connectivity index is 1.94.